The van der Waals surface area contributed by atoms with Gasteiger partial charge in [0.2, 0.25) is 5.91 Å². The summed E-state index contributed by atoms with van der Waals surface area (Å²) in [4.78, 5) is 32.3. The van der Waals surface area contributed by atoms with E-state index in [0.29, 0.717) is 6.42 Å². The molecule has 1 rings (SSSR count). The molecule has 13 heavy (non-hydrogen) atoms. The standard InChI is InChI=1S/C6H7NO5.Na/c8-4-2-1-3-7(4)5(9)12-6(10)11;/h1-3H2,(H,10,11);. The number of ether oxygens (including phenoxy) is 1. The van der Waals surface area contributed by atoms with Gasteiger partial charge in [-0.2, -0.15) is 0 Å². The van der Waals surface area contributed by atoms with Crippen LogP contribution in [0.2, 0.25) is 0 Å². The van der Waals surface area contributed by atoms with Gasteiger partial charge in [-0.25, -0.2) is 14.5 Å². The van der Waals surface area contributed by atoms with E-state index in [-0.39, 0.29) is 48.4 Å². The summed E-state index contributed by atoms with van der Waals surface area (Å²) in [5, 5.41) is 8.05. The third-order valence-electron chi connectivity index (χ3n) is 1.47. The minimum atomic E-state index is -1.69. The zero-order chi connectivity index (χ0) is 9.14. The third kappa shape index (κ3) is 3.33. The smallest absolute Gasteiger partial charge is 0.449 e. The first-order valence-corrected chi connectivity index (χ1v) is 3.36. The number of carbonyl (C=O) groups is 3. The minimum absolute atomic E-state index is 0. The van der Waals surface area contributed by atoms with Crippen molar-refractivity contribution >= 4 is 47.7 Å². The molecule has 1 radical (unpaired) electrons. The summed E-state index contributed by atoms with van der Waals surface area (Å²) < 4.78 is 3.79. The molecular weight excluding hydrogens is 189 g/mol. The molecule has 0 atom stereocenters. The van der Waals surface area contributed by atoms with Crippen LogP contribution in [0.1, 0.15) is 12.8 Å². The number of carbonyl (C=O) groups excluding carboxylic acids is 2. The Morgan fingerprint density at radius 3 is 2.46 bits per heavy atom. The van der Waals surface area contributed by atoms with Crippen molar-refractivity contribution in [3.05, 3.63) is 0 Å². The van der Waals surface area contributed by atoms with Crippen molar-refractivity contribution in [1.29, 1.82) is 0 Å². The van der Waals surface area contributed by atoms with Crippen molar-refractivity contribution < 1.29 is 24.2 Å². The van der Waals surface area contributed by atoms with Crippen molar-refractivity contribution in [2.45, 2.75) is 12.8 Å². The van der Waals surface area contributed by atoms with Crippen LogP contribution in [0.3, 0.4) is 0 Å². The van der Waals surface area contributed by atoms with Crippen LogP contribution < -0.4 is 0 Å². The predicted octanol–water partition coefficient (Wildman–Crippen LogP) is 0.0426. The van der Waals surface area contributed by atoms with E-state index in [2.05, 4.69) is 4.74 Å². The molecular formula is C6H7NNaO5. The van der Waals surface area contributed by atoms with Crippen LogP contribution in [-0.2, 0) is 9.53 Å². The van der Waals surface area contributed by atoms with Crippen LogP contribution in [0, 0.1) is 0 Å². The molecule has 1 aliphatic heterocycles. The van der Waals surface area contributed by atoms with E-state index < -0.39 is 12.2 Å². The van der Waals surface area contributed by atoms with E-state index in [1.165, 1.54) is 0 Å². The van der Waals surface area contributed by atoms with Crippen molar-refractivity contribution in [2.24, 2.45) is 0 Å². The van der Waals surface area contributed by atoms with Crippen LogP contribution in [0.25, 0.3) is 0 Å². The Morgan fingerprint density at radius 1 is 1.46 bits per heavy atom. The van der Waals surface area contributed by atoms with Gasteiger partial charge in [0, 0.05) is 42.5 Å². The molecule has 1 saturated heterocycles. The van der Waals surface area contributed by atoms with E-state index in [0.717, 1.165) is 4.90 Å². The SMILES string of the molecule is O=C(O)OC(=O)N1CCCC1=O.[Na]. The summed E-state index contributed by atoms with van der Waals surface area (Å²) in [5.41, 5.74) is 0. The average molecular weight is 196 g/mol. The molecule has 0 aromatic rings. The van der Waals surface area contributed by atoms with Gasteiger partial charge in [0.05, 0.1) is 0 Å². The fraction of sp³-hybridized carbons (Fsp3) is 0.500. The Balaban J connectivity index is 0.00000144. The van der Waals surface area contributed by atoms with Crippen molar-refractivity contribution in [1.82, 2.24) is 4.90 Å². The number of hydrogen-bond donors (Lipinski definition) is 1. The monoisotopic (exact) mass is 196 g/mol. The molecule has 1 aliphatic rings. The van der Waals surface area contributed by atoms with Crippen LogP contribution in [0.15, 0.2) is 0 Å². The second-order valence-corrected chi connectivity index (χ2v) is 2.28. The molecule has 7 heteroatoms. The van der Waals surface area contributed by atoms with Gasteiger partial charge in [-0.3, -0.25) is 4.79 Å². The molecule has 0 aromatic carbocycles. The molecule has 0 bridgehead atoms. The maximum Gasteiger partial charge on any atom is 0.514 e. The first-order valence-electron chi connectivity index (χ1n) is 3.36. The Bertz CT molecular complexity index is 241. The Labute approximate surface area is 96.1 Å². The Kier molecular flexibility index (Phi) is 4.97. The van der Waals surface area contributed by atoms with Gasteiger partial charge in [-0.05, 0) is 6.42 Å². The molecule has 1 heterocycles. The number of likely N-dealkylation sites (tertiary alicyclic amines) is 1. The van der Waals surface area contributed by atoms with Gasteiger partial charge in [0.15, 0.2) is 0 Å². The second-order valence-electron chi connectivity index (χ2n) is 2.28. The number of amides is 2. The summed E-state index contributed by atoms with van der Waals surface area (Å²) in [6, 6.07) is 0. The zero-order valence-corrected chi connectivity index (χ0v) is 9.15. The molecule has 0 aromatic heterocycles. The van der Waals surface area contributed by atoms with Gasteiger partial charge in [-0.1, -0.05) is 0 Å². The predicted molar refractivity (Wildman–Crippen MR) is 41.2 cm³/mol. The fourth-order valence-corrected chi connectivity index (χ4v) is 0.971. The molecule has 6 nitrogen and oxygen atoms in total. The number of rotatable bonds is 0. The molecule has 1 fully saturated rings. The largest absolute Gasteiger partial charge is 0.514 e. The van der Waals surface area contributed by atoms with E-state index in [1.54, 1.807) is 0 Å². The fourth-order valence-electron chi connectivity index (χ4n) is 0.971. The third-order valence-corrected chi connectivity index (χ3v) is 1.47. The minimum Gasteiger partial charge on any atom is -0.449 e. The van der Waals surface area contributed by atoms with Crippen molar-refractivity contribution in [2.75, 3.05) is 6.54 Å². The van der Waals surface area contributed by atoms with E-state index >= 15 is 0 Å². The van der Waals surface area contributed by atoms with Crippen LogP contribution in [0.4, 0.5) is 9.59 Å². The van der Waals surface area contributed by atoms with Gasteiger partial charge in [0.25, 0.3) is 0 Å². The van der Waals surface area contributed by atoms with Crippen LogP contribution in [-0.4, -0.2) is 64.3 Å². The molecule has 0 aliphatic carbocycles. The summed E-state index contributed by atoms with van der Waals surface area (Å²) in [6.07, 6.45) is -1.97. The quantitative estimate of drug-likeness (QED) is 0.336. The first-order chi connectivity index (χ1) is 5.61. The zero-order valence-electron chi connectivity index (χ0n) is 7.15. The maximum absolute atomic E-state index is 10.8. The second kappa shape index (κ2) is 5.21. The molecule has 1 N–H and O–H groups in total. The van der Waals surface area contributed by atoms with E-state index in [1.807, 2.05) is 0 Å². The first kappa shape index (κ1) is 12.4. The normalized spacial score (nSPS) is 15.1. The molecule has 0 unspecified atom stereocenters. The molecule has 0 spiro atoms. The average Bonchev–Trinajstić information content (AvgIpc) is 2.33. The van der Waals surface area contributed by atoms with Crippen LogP contribution >= 0.6 is 0 Å². The van der Waals surface area contributed by atoms with Gasteiger partial charge in [0.1, 0.15) is 0 Å². The van der Waals surface area contributed by atoms with E-state index in [9.17, 15) is 14.4 Å². The van der Waals surface area contributed by atoms with E-state index in [4.69, 9.17) is 5.11 Å². The topological polar surface area (TPSA) is 83.9 Å². The molecule has 67 valence electrons. The van der Waals surface area contributed by atoms with Crippen molar-refractivity contribution in [3.63, 3.8) is 0 Å². The van der Waals surface area contributed by atoms with Crippen molar-refractivity contribution in [3.8, 4) is 0 Å². The summed E-state index contributed by atoms with van der Waals surface area (Å²) in [6.45, 7) is 0.241. The number of imide groups is 1. The number of hydrogen-bond acceptors (Lipinski definition) is 4. The number of carboxylic acid groups (broad SMARTS) is 1. The molecule has 0 saturated carbocycles. The Hall–Kier alpha value is -0.590. The summed E-state index contributed by atoms with van der Waals surface area (Å²) in [5.74, 6) is -0.388. The summed E-state index contributed by atoms with van der Waals surface area (Å²) in [7, 11) is 0. The van der Waals surface area contributed by atoms with Gasteiger partial charge >= 0.3 is 12.2 Å². The Morgan fingerprint density at radius 2 is 2.08 bits per heavy atom. The van der Waals surface area contributed by atoms with Crippen LogP contribution in [0.5, 0.6) is 0 Å². The maximum atomic E-state index is 10.8. The van der Waals surface area contributed by atoms with Gasteiger partial charge < -0.3 is 9.84 Å². The molecule has 2 amide bonds. The summed E-state index contributed by atoms with van der Waals surface area (Å²) >= 11 is 0. The van der Waals surface area contributed by atoms with Gasteiger partial charge in [-0.15, -0.1) is 0 Å². The number of nitrogens with zero attached hydrogens (tertiary/aromatic N) is 1.